The number of urea groups is 1. The number of benzene rings is 1. The van der Waals surface area contributed by atoms with Gasteiger partial charge in [-0.05, 0) is 6.07 Å². The van der Waals surface area contributed by atoms with Gasteiger partial charge >= 0.3 is 12.0 Å². The lowest BCUT2D eigenvalue weighted by molar-refractivity contribution is -0.136. The van der Waals surface area contributed by atoms with E-state index in [2.05, 4.69) is 10.6 Å². The lowest BCUT2D eigenvalue weighted by Crippen LogP contribution is -2.49. The van der Waals surface area contributed by atoms with Crippen molar-refractivity contribution in [1.29, 1.82) is 0 Å². The maximum atomic E-state index is 11.6. The number of carboxylic acids is 1. The smallest absolute Gasteiger partial charge is 0.315 e. The van der Waals surface area contributed by atoms with Gasteiger partial charge in [-0.3, -0.25) is 4.79 Å². The molecule has 0 radical (unpaired) electrons. The van der Waals surface area contributed by atoms with Crippen LogP contribution >= 0.6 is 0 Å². The highest BCUT2D eigenvalue weighted by Crippen LogP contribution is 2.31. The number of hydrogen-bond donors (Lipinski definition) is 4. The van der Waals surface area contributed by atoms with E-state index in [0.29, 0.717) is 11.3 Å². The van der Waals surface area contributed by atoms with Gasteiger partial charge in [0.1, 0.15) is 18.5 Å². The third kappa shape index (κ3) is 3.39. The number of ether oxygens (including phenoxy) is 1. The first kappa shape index (κ1) is 14.1. The van der Waals surface area contributed by atoms with Gasteiger partial charge in [0, 0.05) is 12.1 Å². The molecule has 0 fully saturated rings. The fourth-order valence-corrected chi connectivity index (χ4v) is 1.97. The van der Waals surface area contributed by atoms with Crippen LogP contribution in [0.1, 0.15) is 18.1 Å². The molecule has 4 N–H and O–H groups in total. The molecule has 2 unspecified atom stereocenters. The van der Waals surface area contributed by atoms with Gasteiger partial charge in [-0.25, -0.2) is 4.79 Å². The van der Waals surface area contributed by atoms with Crippen LogP contribution in [0.3, 0.4) is 0 Å². The molecule has 0 aliphatic carbocycles. The number of aliphatic carboxylic acids is 1. The Morgan fingerprint density at radius 2 is 2.10 bits per heavy atom. The molecule has 7 heteroatoms. The zero-order valence-electron chi connectivity index (χ0n) is 10.7. The molecule has 0 saturated carbocycles. The second-order valence-electron chi connectivity index (χ2n) is 4.44. The van der Waals surface area contributed by atoms with Gasteiger partial charge in [0.25, 0.3) is 0 Å². The fourth-order valence-electron chi connectivity index (χ4n) is 1.97. The fraction of sp³-hybridized carbons (Fsp3) is 0.385. The largest absolute Gasteiger partial charge is 0.491 e. The molecule has 7 nitrogen and oxygen atoms in total. The molecule has 1 aromatic carbocycles. The standard InChI is InChI=1S/C13H16N2O5/c16-11(17)5-6-14-13(19)15-9-7-20-10-4-2-1-3-8(10)12(9)18/h1-4,9,12,18H,5-7H2,(H,16,17)(H2,14,15,19). The highest BCUT2D eigenvalue weighted by Gasteiger charge is 2.30. The molecule has 1 aromatic rings. The maximum absolute atomic E-state index is 11.6. The second-order valence-corrected chi connectivity index (χ2v) is 4.44. The third-order valence-corrected chi connectivity index (χ3v) is 2.98. The predicted molar refractivity (Wildman–Crippen MR) is 69.5 cm³/mol. The van der Waals surface area contributed by atoms with Crippen molar-refractivity contribution in [3.8, 4) is 5.75 Å². The van der Waals surface area contributed by atoms with Gasteiger partial charge in [0.2, 0.25) is 0 Å². The molecule has 0 bridgehead atoms. The van der Waals surface area contributed by atoms with E-state index < -0.39 is 24.1 Å². The Balaban J connectivity index is 1.88. The Hall–Kier alpha value is -2.28. The molecule has 2 atom stereocenters. The van der Waals surface area contributed by atoms with Crippen molar-refractivity contribution in [3.63, 3.8) is 0 Å². The van der Waals surface area contributed by atoms with Crippen LogP contribution in [0.2, 0.25) is 0 Å². The summed E-state index contributed by atoms with van der Waals surface area (Å²) < 4.78 is 5.45. The number of carbonyl (C=O) groups excluding carboxylic acids is 1. The zero-order chi connectivity index (χ0) is 14.5. The molecular formula is C13H16N2O5. The average molecular weight is 280 g/mol. The predicted octanol–water partition coefficient (Wildman–Crippen LogP) is 0.255. The lowest BCUT2D eigenvalue weighted by Gasteiger charge is -2.30. The molecular weight excluding hydrogens is 264 g/mol. The molecule has 0 saturated heterocycles. The highest BCUT2D eigenvalue weighted by molar-refractivity contribution is 5.75. The molecule has 2 amide bonds. The minimum Gasteiger partial charge on any atom is -0.491 e. The Labute approximate surface area is 115 Å². The van der Waals surface area contributed by atoms with E-state index in [1.807, 2.05) is 0 Å². The summed E-state index contributed by atoms with van der Waals surface area (Å²) in [5.74, 6) is -0.385. The van der Waals surface area contributed by atoms with Crippen LogP contribution in [-0.4, -0.2) is 41.4 Å². The number of fused-ring (bicyclic) bond motifs is 1. The zero-order valence-corrected chi connectivity index (χ0v) is 10.7. The summed E-state index contributed by atoms with van der Waals surface area (Å²) in [7, 11) is 0. The SMILES string of the molecule is O=C(O)CCNC(=O)NC1COc2ccccc2C1O. The number of amides is 2. The Morgan fingerprint density at radius 3 is 2.85 bits per heavy atom. The van der Waals surface area contributed by atoms with Crippen molar-refractivity contribution in [2.45, 2.75) is 18.6 Å². The third-order valence-electron chi connectivity index (χ3n) is 2.98. The van der Waals surface area contributed by atoms with Crippen LogP contribution in [0, 0.1) is 0 Å². The summed E-state index contributed by atoms with van der Waals surface area (Å²) in [4.78, 5) is 21.9. The Morgan fingerprint density at radius 1 is 1.35 bits per heavy atom. The molecule has 2 rings (SSSR count). The number of rotatable bonds is 4. The molecule has 1 aliphatic rings. The molecule has 0 spiro atoms. The summed E-state index contributed by atoms with van der Waals surface area (Å²) in [6, 6.07) is 5.96. The van der Waals surface area contributed by atoms with Crippen LogP contribution in [0.25, 0.3) is 0 Å². The quantitative estimate of drug-likeness (QED) is 0.632. The van der Waals surface area contributed by atoms with Crippen molar-refractivity contribution < 1.29 is 24.5 Å². The van der Waals surface area contributed by atoms with Crippen LogP contribution in [0.15, 0.2) is 24.3 Å². The van der Waals surface area contributed by atoms with E-state index in [1.54, 1.807) is 24.3 Å². The van der Waals surface area contributed by atoms with Gasteiger partial charge in [0.15, 0.2) is 0 Å². The van der Waals surface area contributed by atoms with Crippen molar-refractivity contribution in [1.82, 2.24) is 10.6 Å². The van der Waals surface area contributed by atoms with Crippen molar-refractivity contribution in [2.75, 3.05) is 13.2 Å². The second kappa shape index (κ2) is 6.25. The Bertz CT molecular complexity index is 505. The normalized spacial score (nSPS) is 20.4. The first-order valence-corrected chi connectivity index (χ1v) is 6.24. The number of hydrogen-bond acceptors (Lipinski definition) is 4. The lowest BCUT2D eigenvalue weighted by atomic mass is 9.99. The van der Waals surface area contributed by atoms with Crippen molar-refractivity contribution in [2.24, 2.45) is 0 Å². The monoisotopic (exact) mass is 280 g/mol. The van der Waals surface area contributed by atoms with E-state index in [0.717, 1.165) is 0 Å². The van der Waals surface area contributed by atoms with Crippen molar-refractivity contribution in [3.05, 3.63) is 29.8 Å². The number of nitrogens with one attached hydrogen (secondary N) is 2. The van der Waals surface area contributed by atoms with E-state index in [4.69, 9.17) is 9.84 Å². The maximum Gasteiger partial charge on any atom is 0.315 e. The summed E-state index contributed by atoms with van der Waals surface area (Å²) >= 11 is 0. The number of aliphatic hydroxyl groups is 1. The van der Waals surface area contributed by atoms with Crippen molar-refractivity contribution >= 4 is 12.0 Å². The van der Waals surface area contributed by atoms with E-state index >= 15 is 0 Å². The number of carbonyl (C=O) groups is 2. The van der Waals surface area contributed by atoms with Crippen LogP contribution in [0.4, 0.5) is 4.79 Å². The molecule has 1 heterocycles. The average Bonchev–Trinajstić information content (AvgIpc) is 2.42. The minimum absolute atomic E-state index is 0.0292. The number of carboxylic acid groups (broad SMARTS) is 1. The topological polar surface area (TPSA) is 108 Å². The molecule has 20 heavy (non-hydrogen) atoms. The van der Waals surface area contributed by atoms with Gasteiger partial charge in [-0.15, -0.1) is 0 Å². The van der Waals surface area contributed by atoms with E-state index in [1.165, 1.54) is 0 Å². The van der Waals surface area contributed by atoms with Gasteiger partial charge in [0.05, 0.1) is 12.5 Å². The summed E-state index contributed by atoms with van der Waals surface area (Å²) in [6.07, 6.45) is -1.01. The number of para-hydroxylation sites is 1. The van der Waals surface area contributed by atoms with E-state index in [9.17, 15) is 14.7 Å². The van der Waals surface area contributed by atoms with Gasteiger partial charge < -0.3 is 25.6 Å². The summed E-state index contributed by atoms with van der Waals surface area (Å²) in [6.45, 7) is 0.186. The molecule has 1 aliphatic heterocycles. The minimum atomic E-state index is -0.986. The molecule has 0 aromatic heterocycles. The first-order chi connectivity index (χ1) is 9.58. The highest BCUT2D eigenvalue weighted by atomic mass is 16.5. The number of aliphatic hydroxyl groups excluding tert-OH is 1. The van der Waals surface area contributed by atoms with Gasteiger partial charge in [-0.1, -0.05) is 18.2 Å². The summed E-state index contributed by atoms with van der Waals surface area (Å²) in [5.41, 5.74) is 0.620. The first-order valence-electron chi connectivity index (χ1n) is 6.24. The van der Waals surface area contributed by atoms with E-state index in [-0.39, 0.29) is 19.6 Å². The van der Waals surface area contributed by atoms with Crippen LogP contribution in [-0.2, 0) is 4.79 Å². The van der Waals surface area contributed by atoms with Crippen LogP contribution < -0.4 is 15.4 Å². The van der Waals surface area contributed by atoms with Crippen LogP contribution in [0.5, 0.6) is 5.75 Å². The summed E-state index contributed by atoms with van der Waals surface area (Å²) in [5, 5.41) is 23.6. The van der Waals surface area contributed by atoms with Gasteiger partial charge in [-0.2, -0.15) is 0 Å². The molecule has 108 valence electrons. The Kier molecular flexibility index (Phi) is 4.41.